The lowest BCUT2D eigenvalue weighted by molar-refractivity contribution is 0.677. The monoisotopic (exact) mass is 249 g/mol. The maximum atomic E-state index is 12.0. The molecule has 0 saturated carbocycles. The van der Waals surface area contributed by atoms with E-state index in [0.29, 0.717) is 0 Å². The lowest BCUT2D eigenvalue weighted by atomic mass is 10.5. The van der Waals surface area contributed by atoms with Gasteiger partial charge in [0.25, 0.3) is 0 Å². The van der Waals surface area contributed by atoms with Crippen molar-refractivity contribution in [2.45, 2.75) is 20.8 Å². The number of hydrogen-bond donors (Lipinski definition) is 0. The average Bonchev–Trinajstić information content (AvgIpc) is 2.14. The van der Waals surface area contributed by atoms with Gasteiger partial charge < -0.3 is 0 Å². The van der Waals surface area contributed by atoms with E-state index in [9.17, 15) is 14.4 Å². The summed E-state index contributed by atoms with van der Waals surface area (Å²) in [4.78, 5) is 36.1. The van der Waals surface area contributed by atoms with Crippen LogP contribution in [0.25, 0.3) is 17.1 Å². The van der Waals surface area contributed by atoms with Crippen LogP contribution >= 0.6 is 0 Å². The third-order valence-electron chi connectivity index (χ3n) is 2.29. The van der Waals surface area contributed by atoms with Gasteiger partial charge in [0.2, 0.25) is 0 Å². The summed E-state index contributed by atoms with van der Waals surface area (Å²) in [7, 11) is 0. The van der Waals surface area contributed by atoms with Crippen LogP contribution in [0.1, 0.15) is 20.8 Å². The first-order chi connectivity index (χ1) is 8.20. The molecule has 6 heteroatoms. The maximum Gasteiger partial charge on any atom is 0.345 e. The Morgan fingerprint density at radius 1 is 0.667 bits per heavy atom. The van der Waals surface area contributed by atoms with Crippen molar-refractivity contribution in [1.82, 2.24) is 13.7 Å². The summed E-state index contributed by atoms with van der Waals surface area (Å²) < 4.78 is 2.43. The Kier molecular flexibility index (Phi) is 3.41. The second-order valence-corrected chi connectivity index (χ2v) is 4.06. The molecule has 6 nitrogen and oxygen atoms in total. The largest absolute Gasteiger partial charge is 0.345 e. The van der Waals surface area contributed by atoms with Gasteiger partial charge in [0.1, 0.15) is 0 Å². The smallest absolute Gasteiger partial charge is 0.247 e. The molecule has 0 aliphatic heterocycles. The Balaban J connectivity index is 4.15. The molecule has 0 spiro atoms. The maximum absolute atomic E-state index is 12.0. The highest BCUT2D eigenvalue weighted by Crippen LogP contribution is 1.95. The quantitative estimate of drug-likeness (QED) is 0.789. The first-order valence-electron chi connectivity index (χ1n) is 5.19. The predicted octanol–water partition coefficient (Wildman–Crippen LogP) is 0.643. The number of rotatable bonds is 3. The Bertz CT molecular complexity index is 598. The van der Waals surface area contributed by atoms with E-state index in [-0.39, 0.29) is 17.1 Å². The molecule has 0 saturated heterocycles. The molecule has 96 valence electrons. The van der Waals surface area contributed by atoms with Gasteiger partial charge in [0, 0.05) is 17.1 Å². The predicted molar refractivity (Wildman–Crippen MR) is 72.2 cm³/mol. The number of hydrogen-bond acceptors (Lipinski definition) is 3. The van der Waals surface area contributed by atoms with Gasteiger partial charge >= 0.3 is 17.1 Å². The summed E-state index contributed by atoms with van der Waals surface area (Å²) in [5, 5.41) is 0. The van der Waals surface area contributed by atoms with Crippen LogP contribution in [-0.2, 0) is 0 Å². The van der Waals surface area contributed by atoms with E-state index in [4.69, 9.17) is 0 Å². The molecule has 0 amide bonds. The molecule has 18 heavy (non-hydrogen) atoms. The fraction of sp³-hybridized carbons (Fsp3) is 0.250. The van der Waals surface area contributed by atoms with Crippen LogP contribution in [0, 0.1) is 0 Å². The van der Waals surface area contributed by atoms with Crippen molar-refractivity contribution in [3.8, 4) is 0 Å². The lowest BCUT2D eigenvalue weighted by Crippen LogP contribution is -2.52. The van der Waals surface area contributed by atoms with E-state index in [1.165, 1.54) is 20.8 Å². The fourth-order valence-electron chi connectivity index (χ4n) is 1.53. The summed E-state index contributed by atoms with van der Waals surface area (Å²) in [5.41, 5.74) is -1.67. The molecular formula is C12H15N3O3. The van der Waals surface area contributed by atoms with Crippen LogP contribution in [0.3, 0.4) is 0 Å². The van der Waals surface area contributed by atoms with E-state index in [1.807, 2.05) is 0 Å². The number of allylic oxidation sites excluding steroid dienone is 3. The molecule has 1 aromatic heterocycles. The third-order valence-corrected chi connectivity index (χ3v) is 2.29. The molecule has 1 aromatic rings. The summed E-state index contributed by atoms with van der Waals surface area (Å²) in [5.74, 6) is 0. The van der Waals surface area contributed by atoms with Crippen LogP contribution in [-0.4, -0.2) is 13.7 Å². The van der Waals surface area contributed by atoms with Crippen LogP contribution in [0.5, 0.6) is 0 Å². The molecule has 0 unspecified atom stereocenters. The number of aromatic nitrogens is 3. The highest BCUT2D eigenvalue weighted by molar-refractivity contribution is 5.44. The summed E-state index contributed by atoms with van der Waals surface area (Å²) in [6.45, 7) is 15.2. The van der Waals surface area contributed by atoms with Crippen LogP contribution in [0.4, 0.5) is 0 Å². The van der Waals surface area contributed by atoms with E-state index in [0.717, 1.165) is 13.7 Å². The Morgan fingerprint density at radius 2 is 0.833 bits per heavy atom. The topological polar surface area (TPSA) is 66.0 Å². The Labute approximate surface area is 103 Å². The van der Waals surface area contributed by atoms with Crippen molar-refractivity contribution < 1.29 is 0 Å². The first-order valence-corrected chi connectivity index (χ1v) is 5.19. The molecule has 0 aliphatic rings. The van der Waals surface area contributed by atoms with Gasteiger partial charge in [-0.1, -0.05) is 19.7 Å². The van der Waals surface area contributed by atoms with Crippen molar-refractivity contribution in [2.75, 3.05) is 0 Å². The molecule has 1 rings (SSSR count). The second kappa shape index (κ2) is 4.48. The van der Waals surface area contributed by atoms with Gasteiger partial charge in [0.15, 0.2) is 0 Å². The molecule has 0 aromatic carbocycles. The molecular weight excluding hydrogens is 234 g/mol. The minimum Gasteiger partial charge on any atom is -0.247 e. The zero-order chi connectivity index (χ0) is 14.2. The first kappa shape index (κ1) is 13.7. The fourth-order valence-corrected chi connectivity index (χ4v) is 1.53. The van der Waals surface area contributed by atoms with Crippen molar-refractivity contribution in [1.29, 1.82) is 0 Å². The van der Waals surface area contributed by atoms with Gasteiger partial charge in [-0.3, -0.25) is 0 Å². The summed E-state index contributed by atoms with van der Waals surface area (Å²) in [6.07, 6.45) is 0. The Morgan fingerprint density at radius 3 is 0.944 bits per heavy atom. The van der Waals surface area contributed by atoms with E-state index >= 15 is 0 Å². The van der Waals surface area contributed by atoms with Crippen molar-refractivity contribution in [3.63, 3.8) is 0 Å². The molecule has 0 fully saturated rings. The minimum absolute atomic E-state index is 0.218. The molecule has 0 radical (unpaired) electrons. The van der Waals surface area contributed by atoms with E-state index < -0.39 is 17.1 Å². The zero-order valence-electron chi connectivity index (χ0n) is 10.7. The molecule has 0 atom stereocenters. The van der Waals surface area contributed by atoms with Crippen molar-refractivity contribution in [3.05, 3.63) is 51.2 Å². The van der Waals surface area contributed by atoms with Crippen molar-refractivity contribution in [2.24, 2.45) is 0 Å². The molecule has 0 N–H and O–H groups in total. The molecule has 0 aliphatic carbocycles. The van der Waals surface area contributed by atoms with Crippen LogP contribution in [0.2, 0.25) is 0 Å². The zero-order valence-corrected chi connectivity index (χ0v) is 10.7. The Hall–Kier alpha value is -2.37. The van der Waals surface area contributed by atoms with Gasteiger partial charge in [-0.25, -0.2) is 28.1 Å². The van der Waals surface area contributed by atoms with E-state index in [1.54, 1.807) is 0 Å². The molecule has 0 bridgehead atoms. The van der Waals surface area contributed by atoms with Crippen LogP contribution < -0.4 is 17.1 Å². The van der Waals surface area contributed by atoms with E-state index in [2.05, 4.69) is 19.7 Å². The summed E-state index contributed by atoms with van der Waals surface area (Å²) >= 11 is 0. The average molecular weight is 249 g/mol. The van der Waals surface area contributed by atoms with Gasteiger partial charge in [-0.05, 0) is 20.8 Å². The highest BCUT2D eigenvalue weighted by atomic mass is 16.2. The second-order valence-electron chi connectivity index (χ2n) is 4.06. The standard InChI is InChI=1S/C12H15N3O3/c1-7(2)13-10(16)14(8(3)4)12(18)15(9(5)6)11(13)17/h1,3,5H2,2,4,6H3. The minimum atomic E-state index is -0.775. The molecule has 1 heterocycles. The van der Waals surface area contributed by atoms with Crippen molar-refractivity contribution >= 4 is 17.1 Å². The van der Waals surface area contributed by atoms with Gasteiger partial charge in [-0.15, -0.1) is 0 Å². The highest BCUT2D eigenvalue weighted by Gasteiger charge is 2.16. The van der Waals surface area contributed by atoms with Crippen LogP contribution in [0.15, 0.2) is 34.1 Å². The van der Waals surface area contributed by atoms with Gasteiger partial charge in [0.05, 0.1) is 0 Å². The normalized spacial score (nSPS) is 10.2. The SMILES string of the molecule is C=C(C)n1c(=O)n(C(=C)C)c(=O)n(C(=C)C)c1=O. The lowest BCUT2D eigenvalue weighted by Gasteiger charge is -2.12. The third kappa shape index (κ3) is 1.92. The van der Waals surface area contributed by atoms with Gasteiger partial charge in [-0.2, -0.15) is 0 Å². The number of nitrogens with zero attached hydrogens (tertiary/aromatic N) is 3. The summed E-state index contributed by atoms with van der Waals surface area (Å²) in [6, 6.07) is 0.